The van der Waals surface area contributed by atoms with Gasteiger partial charge in [0.2, 0.25) is 0 Å². The van der Waals surface area contributed by atoms with E-state index in [1.54, 1.807) is 0 Å². The van der Waals surface area contributed by atoms with Crippen molar-refractivity contribution in [3.63, 3.8) is 0 Å². The van der Waals surface area contributed by atoms with Crippen molar-refractivity contribution in [2.24, 2.45) is 0 Å². The van der Waals surface area contributed by atoms with Crippen molar-refractivity contribution in [1.29, 1.82) is 0 Å². The number of nitrogens with zero attached hydrogens (tertiary/aromatic N) is 2. The van der Waals surface area contributed by atoms with E-state index < -0.39 is 11.9 Å². The second-order valence-corrected chi connectivity index (χ2v) is 5.53. The summed E-state index contributed by atoms with van der Waals surface area (Å²) in [5.74, 6) is -0.888. The van der Waals surface area contributed by atoms with Gasteiger partial charge in [0.1, 0.15) is 11.4 Å². The van der Waals surface area contributed by atoms with Crippen molar-refractivity contribution in [2.75, 3.05) is 0 Å². The van der Waals surface area contributed by atoms with Gasteiger partial charge in [0.05, 0.1) is 24.5 Å². The lowest BCUT2D eigenvalue weighted by Crippen LogP contribution is -2.27. The molecule has 0 aliphatic heterocycles. The first kappa shape index (κ1) is 17.4. The third kappa shape index (κ3) is 4.52. The number of ether oxygens (including phenoxy) is 1. The summed E-state index contributed by atoms with van der Waals surface area (Å²) in [6.45, 7) is 5.72. The van der Waals surface area contributed by atoms with Crippen LogP contribution in [0.5, 0.6) is 5.75 Å². The highest BCUT2D eigenvalue weighted by Crippen LogP contribution is 2.20. The van der Waals surface area contributed by atoms with Gasteiger partial charge in [0.25, 0.3) is 5.91 Å². The molecule has 0 saturated heterocycles. The Morgan fingerprint density at radius 1 is 1.12 bits per heavy atom. The number of carboxylic acid groups (broad SMARTS) is 1. The van der Waals surface area contributed by atoms with Gasteiger partial charge in [-0.05, 0) is 38.5 Å². The van der Waals surface area contributed by atoms with Crippen molar-refractivity contribution in [3.8, 4) is 5.75 Å². The standard InChI is InChI=1S/C17H19N3O4/c1-10(2)24-13-6-4-5-12(7-13)11(3)20-16(21)14-8-19-15(9-18-14)17(22)23/h4-11H,1-3H3,(H,20,21)(H,22,23). The molecule has 7 nitrogen and oxygen atoms in total. The number of rotatable bonds is 6. The molecule has 0 aliphatic carbocycles. The van der Waals surface area contributed by atoms with E-state index in [2.05, 4.69) is 15.3 Å². The predicted octanol–water partition coefficient (Wildman–Crippen LogP) is 2.45. The van der Waals surface area contributed by atoms with E-state index in [0.29, 0.717) is 0 Å². The topological polar surface area (TPSA) is 101 Å². The first-order valence-corrected chi connectivity index (χ1v) is 7.49. The molecule has 2 aromatic rings. The molecule has 1 heterocycles. The number of amides is 1. The van der Waals surface area contributed by atoms with Gasteiger partial charge in [-0.1, -0.05) is 12.1 Å². The SMILES string of the molecule is CC(C)Oc1cccc(C(C)NC(=O)c2cnc(C(=O)O)cn2)c1. The minimum atomic E-state index is -1.19. The number of aromatic carboxylic acids is 1. The van der Waals surface area contributed by atoms with Crippen molar-refractivity contribution < 1.29 is 19.4 Å². The van der Waals surface area contributed by atoms with E-state index in [0.717, 1.165) is 23.7 Å². The number of carbonyl (C=O) groups is 2. The lowest BCUT2D eigenvalue weighted by Gasteiger charge is -2.16. The number of benzene rings is 1. The average molecular weight is 329 g/mol. The highest BCUT2D eigenvalue weighted by Gasteiger charge is 2.15. The van der Waals surface area contributed by atoms with Crippen LogP contribution in [0.2, 0.25) is 0 Å². The minimum absolute atomic E-state index is 0.0569. The zero-order valence-electron chi connectivity index (χ0n) is 13.7. The summed E-state index contributed by atoms with van der Waals surface area (Å²) in [7, 11) is 0. The van der Waals surface area contributed by atoms with E-state index in [-0.39, 0.29) is 23.5 Å². The molecule has 1 unspecified atom stereocenters. The summed E-state index contributed by atoms with van der Waals surface area (Å²) in [6.07, 6.45) is 2.26. The maximum Gasteiger partial charge on any atom is 0.356 e. The Morgan fingerprint density at radius 2 is 1.79 bits per heavy atom. The Kier molecular flexibility index (Phi) is 5.47. The van der Waals surface area contributed by atoms with Crippen molar-refractivity contribution >= 4 is 11.9 Å². The lowest BCUT2D eigenvalue weighted by atomic mass is 10.1. The fourth-order valence-electron chi connectivity index (χ4n) is 2.04. The number of nitrogens with one attached hydrogen (secondary N) is 1. The van der Waals surface area contributed by atoms with Crippen molar-refractivity contribution in [2.45, 2.75) is 32.9 Å². The van der Waals surface area contributed by atoms with Gasteiger partial charge in [0, 0.05) is 0 Å². The zero-order chi connectivity index (χ0) is 17.7. The maximum atomic E-state index is 12.2. The average Bonchev–Trinajstić information content (AvgIpc) is 2.54. The fourth-order valence-corrected chi connectivity index (χ4v) is 2.04. The molecule has 7 heteroatoms. The van der Waals surface area contributed by atoms with Crippen molar-refractivity contribution in [3.05, 3.63) is 53.6 Å². The van der Waals surface area contributed by atoms with Crippen LogP contribution >= 0.6 is 0 Å². The molecule has 24 heavy (non-hydrogen) atoms. The monoisotopic (exact) mass is 329 g/mol. The quantitative estimate of drug-likeness (QED) is 0.844. The van der Waals surface area contributed by atoms with E-state index in [1.165, 1.54) is 0 Å². The summed E-state index contributed by atoms with van der Waals surface area (Å²) < 4.78 is 5.64. The van der Waals surface area contributed by atoms with Gasteiger partial charge in [-0.2, -0.15) is 0 Å². The summed E-state index contributed by atoms with van der Waals surface area (Å²) in [4.78, 5) is 30.4. The summed E-state index contributed by atoms with van der Waals surface area (Å²) in [6, 6.07) is 7.20. The van der Waals surface area contributed by atoms with Gasteiger partial charge in [0.15, 0.2) is 5.69 Å². The molecular weight excluding hydrogens is 310 g/mol. The zero-order valence-corrected chi connectivity index (χ0v) is 13.7. The number of hydrogen-bond acceptors (Lipinski definition) is 5. The Hall–Kier alpha value is -2.96. The molecule has 1 aromatic heterocycles. The molecule has 0 saturated carbocycles. The van der Waals surface area contributed by atoms with Gasteiger partial charge in [-0.25, -0.2) is 14.8 Å². The molecule has 2 N–H and O–H groups in total. The first-order chi connectivity index (χ1) is 11.4. The smallest absolute Gasteiger partial charge is 0.356 e. The third-order valence-corrected chi connectivity index (χ3v) is 3.18. The summed E-state index contributed by atoms with van der Waals surface area (Å²) >= 11 is 0. The molecule has 0 bridgehead atoms. The Bertz CT molecular complexity index is 729. The Balaban J connectivity index is 2.07. The molecule has 126 valence electrons. The van der Waals surface area contributed by atoms with Gasteiger partial charge >= 0.3 is 5.97 Å². The molecule has 2 rings (SSSR count). The van der Waals surface area contributed by atoms with Crippen LogP contribution in [0.15, 0.2) is 36.7 Å². The van der Waals surface area contributed by atoms with Crippen LogP contribution in [-0.2, 0) is 0 Å². The van der Waals surface area contributed by atoms with Crippen LogP contribution in [0.4, 0.5) is 0 Å². The maximum absolute atomic E-state index is 12.2. The van der Waals surface area contributed by atoms with Crippen LogP contribution in [-0.4, -0.2) is 33.1 Å². The van der Waals surface area contributed by atoms with Crippen LogP contribution in [0.3, 0.4) is 0 Å². The second-order valence-electron chi connectivity index (χ2n) is 5.53. The van der Waals surface area contributed by atoms with Crippen molar-refractivity contribution in [1.82, 2.24) is 15.3 Å². The predicted molar refractivity (Wildman–Crippen MR) is 87.1 cm³/mol. The number of carbonyl (C=O) groups excluding carboxylic acids is 1. The second kappa shape index (κ2) is 7.54. The fraction of sp³-hybridized carbons (Fsp3) is 0.294. The number of carboxylic acids is 1. The summed E-state index contributed by atoms with van der Waals surface area (Å²) in [5.41, 5.74) is 0.733. The van der Waals surface area contributed by atoms with E-state index in [9.17, 15) is 9.59 Å². The molecule has 0 aliphatic rings. The first-order valence-electron chi connectivity index (χ1n) is 7.49. The van der Waals surface area contributed by atoms with E-state index in [1.807, 2.05) is 45.0 Å². The van der Waals surface area contributed by atoms with E-state index >= 15 is 0 Å². The molecular formula is C17H19N3O4. The lowest BCUT2D eigenvalue weighted by molar-refractivity contribution is 0.0689. The molecule has 1 atom stereocenters. The third-order valence-electron chi connectivity index (χ3n) is 3.18. The summed E-state index contributed by atoms with van der Waals surface area (Å²) in [5, 5.41) is 11.6. The molecule has 0 fully saturated rings. The largest absolute Gasteiger partial charge is 0.491 e. The highest BCUT2D eigenvalue weighted by molar-refractivity contribution is 5.93. The van der Waals surface area contributed by atoms with Crippen LogP contribution in [0, 0.1) is 0 Å². The molecule has 1 amide bonds. The van der Waals surface area contributed by atoms with Gasteiger partial charge in [-0.3, -0.25) is 4.79 Å². The van der Waals surface area contributed by atoms with Crippen LogP contribution in [0.25, 0.3) is 0 Å². The molecule has 0 radical (unpaired) electrons. The minimum Gasteiger partial charge on any atom is -0.491 e. The normalized spacial score (nSPS) is 11.8. The van der Waals surface area contributed by atoms with E-state index in [4.69, 9.17) is 9.84 Å². The number of hydrogen-bond donors (Lipinski definition) is 2. The van der Waals surface area contributed by atoms with Gasteiger partial charge in [-0.15, -0.1) is 0 Å². The Morgan fingerprint density at radius 3 is 2.38 bits per heavy atom. The van der Waals surface area contributed by atoms with Gasteiger partial charge < -0.3 is 15.2 Å². The van der Waals surface area contributed by atoms with Crippen LogP contribution in [0.1, 0.15) is 53.4 Å². The number of aromatic nitrogens is 2. The highest BCUT2D eigenvalue weighted by atomic mass is 16.5. The van der Waals surface area contributed by atoms with Crippen LogP contribution < -0.4 is 10.1 Å². The molecule has 0 spiro atoms. The molecule has 1 aromatic carbocycles. The Labute approximate surface area is 139 Å².